The van der Waals surface area contributed by atoms with Gasteiger partial charge in [-0.05, 0) is 45.2 Å². The van der Waals surface area contributed by atoms with Crippen molar-refractivity contribution in [1.29, 1.82) is 0 Å². The van der Waals surface area contributed by atoms with Crippen LogP contribution in [0.5, 0.6) is 0 Å². The topological polar surface area (TPSA) is 40.5 Å². The van der Waals surface area contributed by atoms with Crippen LogP contribution in [-0.2, 0) is 16.6 Å². The molecule has 2 rings (SSSR count). The molecule has 3 heteroatoms. The standard InChI is InChI=1S/C15H21NO2/c1-10(2)16-9-8-11-6-5-7-12(13(11)16)15(3,4)14(17)18/h5-7,10H,8-9H2,1-4H3,(H,17,18). The van der Waals surface area contributed by atoms with Crippen molar-refractivity contribution < 1.29 is 9.90 Å². The maximum absolute atomic E-state index is 11.5. The van der Waals surface area contributed by atoms with Gasteiger partial charge < -0.3 is 10.0 Å². The smallest absolute Gasteiger partial charge is 0.313 e. The zero-order valence-electron chi connectivity index (χ0n) is 11.5. The SMILES string of the molecule is CC(C)N1CCc2cccc(C(C)(C)C(=O)O)c21. The van der Waals surface area contributed by atoms with Gasteiger partial charge in [0, 0.05) is 18.3 Å². The number of nitrogens with zero attached hydrogens (tertiary/aromatic N) is 1. The molecule has 0 bridgehead atoms. The van der Waals surface area contributed by atoms with Crippen molar-refractivity contribution in [3.8, 4) is 0 Å². The van der Waals surface area contributed by atoms with Crippen molar-refractivity contribution in [3.05, 3.63) is 29.3 Å². The second-order valence-electron chi connectivity index (χ2n) is 5.78. The van der Waals surface area contributed by atoms with Crippen molar-refractivity contribution in [2.45, 2.75) is 45.6 Å². The highest BCUT2D eigenvalue weighted by atomic mass is 16.4. The van der Waals surface area contributed by atoms with Gasteiger partial charge in [-0.25, -0.2) is 0 Å². The van der Waals surface area contributed by atoms with Crippen LogP contribution in [-0.4, -0.2) is 23.7 Å². The molecule has 0 saturated heterocycles. The van der Waals surface area contributed by atoms with E-state index in [9.17, 15) is 9.90 Å². The minimum absolute atomic E-state index is 0.400. The van der Waals surface area contributed by atoms with Crippen LogP contribution in [0.25, 0.3) is 0 Å². The number of hydrogen-bond donors (Lipinski definition) is 1. The number of carboxylic acids is 1. The summed E-state index contributed by atoms with van der Waals surface area (Å²) in [6, 6.07) is 6.44. The number of rotatable bonds is 3. The van der Waals surface area contributed by atoms with Crippen LogP contribution >= 0.6 is 0 Å². The van der Waals surface area contributed by atoms with Gasteiger partial charge in [0.2, 0.25) is 0 Å². The minimum atomic E-state index is -0.844. The maximum Gasteiger partial charge on any atom is 0.313 e. The monoisotopic (exact) mass is 247 g/mol. The Morgan fingerprint density at radius 1 is 1.39 bits per heavy atom. The number of para-hydroxylation sites is 1. The fourth-order valence-electron chi connectivity index (χ4n) is 2.62. The molecule has 1 heterocycles. The quantitative estimate of drug-likeness (QED) is 0.893. The molecule has 0 amide bonds. The van der Waals surface area contributed by atoms with Gasteiger partial charge >= 0.3 is 5.97 Å². The minimum Gasteiger partial charge on any atom is -0.481 e. The van der Waals surface area contributed by atoms with Crippen molar-refractivity contribution >= 4 is 11.7 Å². The van der Waals surface area contributed by atoms with E-state index in [4.69, 9.17) is 0 Å². The lowest BCUT2D eigenvalue weighted by Gasteiger charge is -2.30. The number of fused-ring (bicyclic) bond motifs is 1. The molecule has 0 spiro atoms. The summed E-state index contributed by atoms with van der Waals surface area (Å²) in [4.78, 5) is 13.8. The van der Waals surface area contributed by atoms with Crippen LogP contribution in [0.2, 0.25) is 0 Å². The van der Waals surface area contributed by atoms with E-state index in [1.54, 1.807) is 13.8 Å². The summed E-state index contributed by atoms with van der Waals surface area (Å²) in [7, 11) is 0. The Balaban J connectivity index is 2.58. The molecule has 0 atom stereocenters. The molecule has 1 aromatic carbocycles. The molecule has 0 fully saturated rings. The molecule has 1 aliphatic heterocycles. The van der Waals surface area contributed by atoms with Crippen LogP contribution in [0.1, 0.15) is 38.8 Å². The van der Waals surface area contributed by atoms with Gasteiger partial charge in [0.25, 0.3) is 0 Å². The third-order valence-electron chi connectivity index (χ3n) is 3.86. The number of carbonyl (C=O) groups is 1. The molecule has 1 aliphatic rings. The van der Waals surface area contributed by atoms with Crippen LogP contribution in [0.3, 0.4) is 0 Å². The second-order valence-corrected chi connectivity index (χ2v) is 5.78. The largest absolute Gasteiger partial charge is 0.481 e. The molecule has 0 unspecified atom stereocenters. The van der Waals surface area contributed by atoms with E-state index in [1.165, 1.54) is 5.56 Å². The normalized spacial score (nSPS) is 15.1. The van der Waals surface area contributed by atoms with Crippen LogP contribution < -0.4 is 4.90 Å². The molecule has 1 aromatic rings. The molecule has 3 nitrogen and oxygen atoms in total. The fourth-order valence-corrected chi connectivity index (χ4v) is 2.62. The van der Waals surface area contributed by atoms with Crippen molar-refractivity contribution in [2.75, 3.05) is 11.4 Å². The van der Waals surface area contributed by atoms with Crippen molar-refractivity contribution in [3.63, 3.8) is 0 Å². The molecule has 0 aromatic heterocycles. The first-order chi connectivity index (χ1) is 8.35. The third kappa shape index (κ3) is 1.88. The summed E-state index contributed by atoms with van der Waals surface area (Å²) >= 11 is 0. The van der Waals surface area contributed by atoms with E-state index >= 15 is 0 Å². The second kappa shape index (κ2) is 4.30. The Bertz CT molecular complexity index is 477. The summed E-state index contributed by atoms with van der Waals surface area (Å²) in [5.41, 5.74) is 2.50. The highest BCUT2D eigenvalue weighted by molar-refractivity contribution is 5.84. The van der Waals surface area contributed by atoms with Gasteiger partial charge in [-0.1, -0.05) is 18.2 Å². The summed E-state index contributed by atoms with van der Waals surface area (Å²) in [6.07, 6.45) is 1.01. The van der Waals surface area contributed by atoms with E-state index in [2.05, 4.69) is 24.8 Å². The first-order valence-corrected chi connectivity index (χ1v) is 6.48. The summed E-state index contributed by atoms with van der Waals surface area (Å²) in [5, 5.41) is 9.43. The van der Waals surface area contributed by atoms with Gasteiger partial charge in [-0.3, -0.25) is 4.79 Å². The Morgan fingerprint density at radius 2 is 2.06 bits per heavy atom. The third-order valence-corrected chi connectivity index (χ3v) is 3.86. The Morgan fingerprint density at radius 3 is 2.61 bits per heavy atom. The molecular weight excluding hydrogens is 226 g/mol. The zero-order valence-corrected chi connectivity index (χ0v) is 11.5. The molecular formula is C15H21NO2. The average Bonchev–Trinajstić information content (AvgIpc) is 2.71. The number of carboxylic acid groups (broad SMARTS) is 1. The van der Waals surface area contributed by atoms with E-state index in [0.717, 1.165) is 24.2 Å². The number of anilines is 1. The zero-order chi connectivity index (χ0) is 13.5. The molecule has 0 aliphatic carbocycles. The molecule has 98 valence electrons. The Labute approximate surface area is 108 Å². The lowest BCUT2D eigenvalue weighted by molar-refractivity contribution is -0.142. The number of aliphatic carboxylic acids is 1. The highest BCUT2D eigenvalue weighted by Gasteiger charge is 2.36. The van der Waals surface area contributed by atoms with E-state index in [1.807, 2.05) is 12.1 Å². The summed E-state index contributed by atoms with van der Waals surface area (Å²) < 4.78 is 0. The average molecular weight is 247 g/mol. The fraction of sp³-hybridized carbons (Fsp3) is 0.533. The Kier molecular flexibility index (Phi) is 3.09. The van der Waals surface area contributed by atoms with Gasteiger partial charge in [0.05, 0.1) is 5.41 Å². The first kappa shape index (κ1) is 12.9. The lowest BCUT2D eigenvalue weighted by Crippen LogP contribution is -2.34. The maximum atomic E-state index is 11.5. The van der Waals surface area contributed by atoms with Gasteiger partial charge in [0.15, 0.2) is 0 Å². The Hall–Kier alpha value is -1.51. The van der Waals surface area contributed by atoms with Gasteiger partial charge in [-0.15, -0.1) is 0 Å². The number of benzene rings is 1. The number of hydrogen-bond acceptors (Lipinski definition) is 2. The molecule has 18 heavy (non-hydrogen) atoms. The highest BCUT2D eigenvalue weighted by Crippen LogP contribution is 2.39. The van der Waals surface area contributed by atoms with Crippen LogP contribution in [0.4, 0.5) is 5.69 Å². The van der Waals surface area contributed by atoms with E-state index in [0.29, 0.717) is 6.04 Å². The van der Waals surface area contributed by atoms with E-state index in [-0.39, 0.29) is 0 Å². The predicted octanol–water partition coefficient (Wildman–Crippen LogP) is 2.82. The van der Waals surface area contributed by atoms with E-state index < -0.39 is 11.4 Å². The lowest BCUT2D eigenvalue weighted by atomic mass is 9.82. The van der Waals surface area contributed by atoms with Gasteiger partial charge in [0.1, 0.15) is 0 Å². The van der Waals surface area contributed by atoms with Crippen LogP contribution in [0, 0.1) is 0 Å². The van der Waals surface area contributed by atoms with Gasteiger partial charge in [-0.2, -0.15) is 0 Å². The van der Waals surface area contributed by atoms with Crippen molar-refractivity contribution in [2.24, 2.45) is 0 Å². The summed E-state index contributed by atoms with van der Waals surface area (Å²) in [6.45, 7) is 8.85. The summed E-state index contributed by atoms with van der Waals surface area (Å²) in [5.74, 6) is -0.772. The first-order valence-electron chi connectivity index (χ1n) is 6.48. The predicted molar refractivity (Wildman–Crippen MR) is 73.3 cm³/mol. The van der Waals surface area contributed by atoms with Crippen molar-refractivity contribution in [1.82, 2.24) is 0 Å². The molecule has 0 radical (unpaired) electrons. The molecule has 0 saturated carbocycles. The van der Waals surface area contributed by atoms with Crippen LogP contribution in [0.15, 0.2) is 18.2 Å². The molecule has 1 N–H and O–H groups in total.